The standard InChI is InChI=1S/C15H11BrClFO2/c1-20-15-3-2-12(17)5-10(15)7-14(19)9-4-11(16)8-13(18)6-9/h2-6,8H,7H2,1H3. The Kier molecular flexibility index (Phi) is 4.78. The first-order valence-electron chi connectivity index (χ1n) is 5.81. The van der Waals surface area contributed by atoms with E-state index < -0.39 is 5.82 Å². The van der Waals surface area contributed by atoms with Crippen LogP contribution in [0.2, 0.25) is 5.02 Å². The molecule has 0 radical (unpaired) electrons. The number of methoxy groups -OCH3 is 1. The summed E-state index contributed by atoms with van der Waals surface area (Å²) in [7, 11) is 1.52. The molecule has 2 aromatic carbocycles. The highest BCUT2D eigenvalue weighted by molar-refractivity contribution is 9.10. The van der Waals surface area contributed by atoms with Gasteiger partial charge in [0.05, 0.1) is 7.11 Å². The van der Waals surface area contributed by atoms with E-state index in [1.165, 1.54) is 19.2 Å². The molecule has 0 atom stereocenters. The number of Topliss-reactive ketones (excluding diaryl/α,β-unsaturated/α-hetero) is 1. The number of benzene rings is 2. The minimum absolute atomic E-state index is 0.0969. The van der Waals surface area contributed by atoms with Crippen LogP contribution in [0.4, 0.5) is 4.39 Å². The van der Waals surface area contributed by atoms with Crippen molar-refractivity contribution in [2.24, 2.45) is 0 Å². The molecule has 0 bridgehead atoms. The zero-order valence-corrected chi connectivity index (χ0v) is 13.0. The van der Waals surface area contributed by atoms with Gasteiger partial charge in [-0.2, -0.15) is 0 Å². The molecule has 0 heterocycles. The van der Waals surface area contributed by atoms with Crippen LogP contribution in [0.1, 0.15) is 15.9 Å². The van der Waals surface area contributed by atoms with Crippen molar-refractivity contribution < 1.29 is 13.9 Å². The van der Waals surface area contributed by atoms with Crippen molar-refractivity contribution in [3.05, 3.63) is 62.8 Å². The van der Waals surface area contributed by atoms with Crippen molar-refractivity contribution >= 4 is 33.3 Å². The third-order valence-electron chi connectivity index (χ3n) is 2.78. The van der Waals surface area contributed by atoms with Crippen LogP contribution >= 0.6 is 27.5 Å². The maximum Gasteiger partial charge on any atom is 0.167 e. The molecule has 20 heavy (non-hydrogen) atoms. The van der Waals surface area contributed by atoms with E-state index in [0.29, 0.717) is 26.4 Å². The van der Waals surface area contributed by atoms with Gasteiger partial charge in [-0.15, -0.1) is 0 Å². The fourth-order valence-electron chi connectivity index (χ4n) is 1.88. The number of ketones is 1. The third-order valence-corrected chi connectivity index (χ3v) is 3.47. The molecule has 2 nitrogen and oxygen atoms in total. The highest BCUT2D eigenvalue weighted by Gasteiger charge is 2.13. The van der Waals surface area contributed by atoms with Crippen LogP contribution in [0.5, 0.6) is 5.75 Å². The molecule has 2 aromatic rings. The Morgan fingerprint density at radius 3 is 2.70 bits per heavy atom. The summed E-state index contributed by atoms with van der Waals surface area (Å²) in [5, 5.41) is 0.522. The van der Waals surface area contributed by atoms with Crippen molar-refractivity contribution in [1.29, 1.82) is 0 Å². The molecule has 0 saturated heterocycles. The van der Waals surface area contributed by atoms with Crippen LogP contribution in [-0.4, -0.2) is 12.9 Å². The predicted molar refractivity (Wildman–Crippen MR) is 80.1 cm³/mol. The lowest BCUT2D eigenvalue weighted by Crippen LogP contribution is -2.05. The predicted octanol–water partition coefficient (Wildman–Crippen LogP) is 4.68. The highest BCUT2D eigenvalue weighted by Crippen LogP contribution is 2.25. The minimum Gasteiger partial charge on any atom is -0.496 e. The number of hydrogen-bond donors (Lipinski definition) is 0. The molecule has 104 valence electrons. The number of ether oxygens (including phenoxy) is 1. The van der Waals surface area contributed by atoms with Gasteiger partial charge in [0.15, 0.2) is 5.78 Å². The average molecular weight is 358 g/mol. The van der Waals surface area contributed by atoms with Gasteiger partial charge in [-0.05, 0) is 36.4 Å². The van der Waals surface area contributed by atoms with Crippen molar-refractivity contribution in [2.75, 3.05) is 7.11 Å². The first-order chi connectivity index (χ1) is 9.49. The summed E-state index contributed by atoms with van der Waals surface area (Å²) >= 11 is 9.09. The van der Waals surface area contributed by atoms with Gasteiger partial charge in [-0.3, -0.25) is 4.79 Å². The number of hydrogen-bond acceptors (Lipinski definition) is 2. The van der Waals surface area contributed by atoms with Crippen LogP contribution in [0, 0.1) is 5.82 Å². The molecule has 0 fully saturated rings. The van der Waals surface area contributed by atoms with Crippen LogP contribution in [-0.2, 0) is 6.42 Å². The molecule has 0 aromatic heterocycles. The zero-order valence-electron chi connectivity index (χ0n) is 10.6. The molecule has 2 rings (SSSR count). The highest BCUT2D eigenvalue weighted by atomic mass is 79.9. The average Bonchev–Trinajstić information content (AvgIpc) is 2.37. The maximum atomic E-state index is 13.3. The second-order valence-electron chi connectivity index (χ2n) is 4.21. The summed E-state index contributed by atoms with van der Waals surface area (Å²) in [6.45, 7) is 0. The van der Waals surface area contributed by atoms with Crippen molar-refractivity contribution in [3.8, 4) is 5.75 Å². The smallest absolute Gasteiger partial charge is 0.167 e. The molecule has 0 N–H and O–H groups in total. The van der Waals surface area contributed by atoms with Crippen LogP contribution in [0.25, 0.3) is 0 Å². The van der Waals surface area contributed by atoms with Gasteiger partial charge in [-0.25, -0.2) is 4.39 Å². The summed E-state index contributed by atoms with van der Waals surface area (Å²) < 4.78 is 19.0. The molecule has 0 spiro atoms. The normalized spacial score (nSPS) is 10.4. The first kappa shape index (κ1) is 15.0. The van der Waals surface area contributed by atoms with Crippen LogP contribution in [0.15, 0.2) is 40.9 Å². The summed E-state index contributed by atoms with van der Waals surface area (Å²) in [5.41, 5.74) is 0.976. The largest absolute Gasteiger partial charge is 0.496 e. The van der Waals surface area contributed by atoms with Crippen molar-refractivity contribution in [2.45, 2.75) is 6.42 Å². The van der Waals surface area contributed by atoms with E-state index in [-0.39, 0.29) is 12.2 Å². The zero-order chi connectivity index (χ0) is 14.7. The van der Waals surface area contributed by atoms with E-state index in [0.717, 1.165) is 0 Å². The maximum absolute atomic E-state index is 13.3. The van der Waals surface area contributed by atoms with Gasteiger partial charge < -0.3 is 4.74 Å². The van der Waals surface area contributed by atoms with E-state index >= 15 is 0 Å². The molecule has 0 saturated carbocycles. The van der Waals surface area contributed by atoms with Crippen molar-refractivity contribution in [1.82, 2.24) is 0 Å². The lowest BCUT2D eigenvalue weighted by molar-refractivity contribution is 0.0991. The van der Waals surface area contributed by atoms with Crippen LogP contribution < -0.4 is 4.74 Å². The monoisotopic (exact) mass is 356 g/mol. The third kappa shape index (κ3) is 3.58. The van der Waals surface area contributed by atoms with E-state index in [1.807, 2.05) is 0 Å². The quantitative estimate of drug-likeness (QED) is 0.743. The van der Waals surface area contributed by atoms with Gasteiger partial charge in [0, 0.05) is 27.0 Å². The molecular weight excluding hydrogens is 347 g/mol. The Hall–Kier alpha value is -1.39. The second-order valence-corrected chi connectivity index (χ2v) is 5.57. The van der Waals surface area contributed by atoms with E-state index in [2.05, 4.69) is 15.9 Å². The number of carbonyl (C=O) groups is 1. The Morgan fingerprint density at radius 2 is 2.05 bits per heavy atom. The summed E-state index contributed by atoms with van der Waals surface area (Å²) in [4.78, 5) is 12.2. The molecule has 0 amide bonds. The van der Waals surface area contributed by atoms with Gasteiger partial charge in [0.2, 0.25) is 0 Å². The Bertz CT molecular complexity index is 638. The van der Waals surface area contributed by atoms with Gasteiger partial charge in [0.1, 0.15) is 11.6 Å². The van der Waals surface area contributed by atoms with Gasteiger partial charge in [0.25, 0.3) is 0 Å². The van der Waals surface area contributed by atoms with Gasteiger partial charge >= 0.3 is 0 Å². The van der Waals surface area contributed by atoms with E-state index in [1.54, 1.807) is 24.3 Å². The summed E-state index contributed by atoms with van der Waals surface area (Å²) in [5.74, 6) is -0.0789. The number of carbonyl (C=O) groups excluding carboxylic acids is 1. The lowest BCUT2D eigenvalue weighted by atomic mass is 10.0. The number of halogens is 3. The molecule has 5 heteroatoms. The van der Waals surface area contributed by atoms with E-state index in [4.69, 9.17) is 16.3 Å². The second kappa shape index (κ2) is 6.37. The lowest BCUT2D eigenvalue weighted by Gasteiger charge is -2.08. The topological polar surface area (TPSA) is 26.3 Å². The molecule has 0 aliphatic carbocycles. The van der Waals surface area contributed by atoms with Crippen LogP contribution in [0.3, 0.4) is 0 Å². The van der Waals surface area contributed by atoms with Gasteiger partial charge in [-0.1, -0.05) is 27.5 Å². The SMILES string of the molecule is COc1ccc(Cl)cc1CC(=O)c1cc(F)cc(Br)c1. The molecular formula is C15H11BrClFO2. The minimum atomic E-state index is -0.458. The Labute approximate surface area is 129 Å². The summed E-state index contributed by atoms with van der Waals surface area (Å²) in [6.07, 6.45) is 0.0969. The first-order valence-corrected chi connectivity index (χ1v) is 6.98. The van der Waals surface area contributed by atoms with E-state index in [9.17, 15) is 9.18 Å². The Balaban J connectivity index is 2.29. The Morgan fingerprint density at radius 1 is 1.30 bits per heavy atom. The molecule has 0 unspecified atom stereocenters. The fraction of sp³-hybridized carbons (Fsp3) is 0.133. The molecule has 0 aliphatic heterocycles. The number of rotatable bonds is 4. The summed E-state index contributed by atoms with van der Waals surface area (Å²) in [6, 6.07) is 9.16. The van der Waals surface area contributed by atoms with Crippen molar-refractivity contribution in [3.63, 3.8) is 0 Å². The fourth-order valence-corrected chi connectivity index (χ4v) is 2.54. The molecule has 0 aliphatic rings.